The third-order valence-electron chi connectivity index (χ3n) is 2.22. The second-order valence-corrected chi connectivity index (χ2v) is 4.53. The van der Waals surface area contributed by atoms with Crippen LogP contribution in [0.1, 0.15) is 24.2 Å². The van der Waals surface area contributed by atoms with E-state index in [1.54, 1.807) is 12.4 Å². The first-order chi connectivity index (χ1) is 8.97. The van der Waals surface area contributed by atoms with Crippen LogP contribution in [0.25, 0.3) is 5.82 Å². The van der Waals surface area contributed by atoms with Gasteiger partial charge in [0.05, 0.1) is 29.1 Å². The lowest BCUT2D eigenvalue weighted by Crippen LogP contribution is -2.05. The summed E-state index contributed by atoms with van der Waals surface area (Å²) in [6, 6.07) is 1.33. The van der Waals surface area contributed by atoms with Crippen molar-refractivity contribution < 1.29 is 14.6 Å². The lowest BCUT2D eigenvalue weighted by Gasteiger charge is -2.06. The van der Waals surface area contributed by atoms with Crippen molar-refractivity contribution in [2.45, 2.75) is 20.0 Å². The highest BCUT2D eigenvalue weighted by Crippen LogP contribution is 2.21. The summed E-state index contributed by atoms with van der Waals surface area (Å²) in [6.45, 7) is 3.81. The second-order valence-electron chi connectivity index (χ2n) is 4.12. The number of pyridine rings is 1. The quantitative estimate of drug-likeness (QED) is 0.931. The van der Waals surface area contributed by atoms with Crippen molar-refractivity contribution in [2.75, 3.05) is 0 Å². The van der Waals surface area contributed by atoms with Crippen molar-refractivity contribution in [1.82, 2.24) is 14.8 Å². The predicted octanol–water partition coefficient (Wildman–Crippen LogP) is 2.41. The number of halogens is 1. The molecular weight excluding hydrogens is 270 g/mol. The number of hydrogen-bond donors (Lipinski definition) is 1. The standard InChI is InChI=1S/C12H12ClN3O3/c1-7(2)19-9-5-15-16(6-9)11-10(13)3-8(4-14-11)12(17)18/h3-7H,1-2H3,(H,17,18). The minimum absolute atomic E-state index is 0.0274. The van der Waals surface area contributed by atoms with Gasteiger partial charge in [0.25, 0.3) is 0 Å². The van der Waals surface area contributed by atoms with E-state index in [9.17, 15) is 4.79 Å². The van der Waals surface area contributed by atoms with E-state index in [0.29, 0.717) is 11.6 Å². The highest BCUT2D eigenvalue weighted by Gasteiger charge is 2.11. The monoisotopic (exact) mass is 281 g/mol. The minimum atomic E-state index is -1.08. The zero-order valence-corrected chi connectivity index (χ0v) is 11.1. The molecule has 0 saturated carbocycles. The topological polar surface area (TPSA) is 77.2 Å². The molecule has 0 aliphatic heterocycles. The molecule has 0 atom stereocenters. The average Bonchev–Trinajstić information content (AvgIpc) is 2.76. The maximum absolute atomic E-state index is 10.8. The molecule has 0 spiro atoms. The number of aromatic carboxylic acids is 1. The lowest BCUT2D eigenvalue weighted by molar-refractivity contribution is 0.0696. The number of rotatable bonds is 4. The number of carboxylic acids is 1. The number of ether oxygens (including phenoxy) is 1. The second kappa shape index (κ2) is 5.27. The summed E-state index contributed by atoms with van der Waals surface area (Å²) in [4.78, 5) is 14.8. The smallest absolute Gasteiger partial charge is 0.337 e. The fraction of sp³-hybridized carbons (Fsp3) is 0.250. The van der Waals surface area contributed by atoms with Crippen LogP contribution in [0.15, 0.2) is 24.7 Å². The van der Waals surface area contributed by atoms with Gasteiger partial charge in [-0.25, -0.2) is 14.5 Å². The fourth-order valence-electron chi connectivity index (χ4n) is 1.47. The first kappa shape index (κ1) is 13.4. The maximum atomic E-state index is 10.8. The molecule has 0 saturated heterocycles. The van der Waals surface area contributed by atoms with Crippen molar-refractivity contribution in [3.8, 4) is 11.6 Å². The zero-order valence-electron chi connectivity index (χ0n) is 10.4. The van der Waals surface area contributed by atoms with Crippen LogP contribution in [0.4, 0.5) is 0 Å². The van der Waals surface area contributed by atoms with E-state index in [2.05, 4.69) is 10.1 Å². The number of hydrogen-bond acceptors (Lipinski definition) is 4. The molecule has 2 rings (SSSR count). The Morgan fingerprint density at radius 3 is 2.79 bits per heavy atom. The summed E-state index contributed by atoms with van der Waals surface area (Å²) in [5, 5.41) is 13.1. The third kappa shape index (κ3) is 3.03. The van der Waals surface area contributed by atoms with Gasteiger partial charge in [-0.05, 0) is 19.9 Å². The lowest BCUT2D eigenvalue weighted by atomic mass is 10.3. The first-order valence-electron chi connectivity index (χ1n) is 5.58. The van der Waals surface area contributed by atoms with Gasteiger partial charge >= 0.3 is 5.97 Å². The van der Waals surface area contributed by atoms with E-state index in [1.807, 2.05) is 13.8 Å². The van der Waals surface area contributed by atoms with Gasteiger partial charge < -0.3 is 9.84 Å². The summed E-state index contributed by atoms with van der Waals surface area (Å²) < 4.78 is 6.91. The predicted molar refractivity (Wildman–Crippen MR) is 69.1 cm³/mol. The van der Waals surface area contributed by atoms with Crippen molar-refractivity contribution in [2.24, 2.45) is 0 Å². The van der Waals surface area contributed by atoms with Crippen LogP contribution in [-0.4, -0.2) is 31.9 Å². The first-order valence-corrected chi connectivity index (χ1v) is 5.95. The van der Waals surface area contributed by atoms with E-state index in [0.717, 1.165) is 0 Å². The van der Waals surface area contributed by atoms with Gasteiger partial charge in [-0.3, -0.25) is 0 Å². The molecule has 100 valence electrons. The normalized spacial score (nSPS) is 10.7. The van der Waals surface area contributed by atoms with Crippen LogP contribution in [0.3, 0.4) is 0 Å². The van der Waals surface area contributed by atoms with Crippen LogP contribution >= 0.6 is 11.6 Å². The van der Waals surface area contributed by atoms with E-state index < -0.39 is 5.97 Å². The SMILES string of the molecule is CC(C)Oc1cnn(-c2ncc(C(=O)O)cc2Cl)c1. The molecule has 0 radical (unpaired) electrons. The van der Waals surface area contributed by atoms with E-state index in [4.69, 9.17) is 21.4 Å². The molecule has 0 aromatic carbocycles. The van der Waals surface area contributed by atoms with Crippen LogP contribution in [-0.2, 0) is 0 Å². The van der Waals surface area contributed by atoms with Crippen LogP contribution in [0.2, 0.25) is 5.02 Å². The fourth-order valence-corrected chi connectivity index (χ4v) is 1.72. The van der Waals surface area contributed by atoms with Gasteiger partial charge in [-0.2, -0.15) is 5.10 Å². The van der Waals surface area contributed by atoms with Crippen LogP contribution < -0.4 is 4.74 Å². The Morgan fingerprint density at radius 1 is 1.47 bits per heavy atom. The largest absolute Gasteiger partial charge is 0.488 e. The Bertz CT molecular complexity index is 610. The van der Waals surface area contributed by atoms with Gasteiger partial charge in [0.2, 0.25) is 0 Å². The van der Waals surface area contributed by atoms with Crippen molar-refractivity contribution in [1.29, 1.82) is 0 Å². The van der Waals surface area contributed by atoms with Crippen molar-refractivity contribution >= 4 is 17.6 Å². The van der Waals surface area contributed by atoms with Gasteiger partial charge in [-0.15, -0.1) is 0 Å². The Labute approximate surface area is 114 Å². The minimum Gasteiger partial charge on any atom is -0.488 e. The van der Waals surface area contributed by atoms with E-state index >= 15 is 0 Å². The highest BCUT2D eigenvalue weighted by molar-refractivity contribution is 6.32. The Balaban J connectivity index is 2.31. The van der Waals surface area contributed by atoms with Crippen molar-refractivity contribution in [3.05, 3.63) is 35.2 Å². The van der Waals surface area contributed by atoms with Gasteiger partial charge in [-0.1, -0.05) is 11.6 Å². The maximum Gasteiger partial charge on any atom is 0.337 e. The van der Waals surface area contributed by atoms with E-state index in [-0.39, 0.29) is 16.7 Å². The molecule has 2 aromatic rings. The molecular formula is C12H12ClN3O3. The third-order valence-corrected chi connectivity index (χ3v) is 2.49. The summed E-state index contributed by atoms with van der Waals surface area (Å²) >= 11 is 6.00. The Morgan fingerprint density at radius 2 is 2.21 bits per heavy atom. The molecule has 0 aliphatic rings. The summed E-state index contributed by atoms with van der Waals surface area (Å²) in [7, 11) is 0. The van der Waals surface area contributed by atoms with Crippen molar-refractivity contribution in [3.63, 3.8) is 0 Å². The molecule has 2 heterocycles. The summed E-state index contributed by atoms with van der Waals surface area (Å²) in [6.07, 6.45) is 4.45. The molecule has 1 N–H and O–H groups in total. The number of aromatic nitrogens is 3. The van der Waals surface area contributed by atoms with Crippen LogP contribution in [0.5, 0.6) is 5.75 Å². The molecule has 0 aliphatic carbocycles. The number of carboxylic acid groups (broad SMARTS) is 1. The highest BCUT2D eigenvalue weighted by atomic mass is 35.5. The number of nitrogens with zero attached hydrogens (tertiary/aromatic N) is 3. The Hall–Kier alpha value is -2.08. The molecule has 2 aromatic heterocycles. The Kier molecular flexibility index (Phi) is 3.71. The number of carbonyl (C=O) groups is 1. The summed E-state index contributed by atoms with van der Waals surface area (Å²) in [5.41, 5.74) is 0.0274. The van der Waals surface area contributed by atoms with Crippen LogP contribution in [0, 0.1) is 0 Å². The molecule has 7 heteroatoms. The summed E-state index contributed by atoms with van der Waals surface area (Å²) in [5.74, 6) is -0.134. The van der Waals surface area contributed by atoms with Gasteiger partial charge in [0.1, 0.15) is 0 Å². The van der Waals surface area contributed by atoms with Gasteiger partial charge in [0, 0.05) is 6.20 Å². The molecule has 0 amide bonds. The van der Waals surface area contributed by atoms with Gasteiger partial charge in [0.15, 0.2) is 11.6 Å². The zero-order chi connectivity index (χ0) is 14.0. The molecule has 0 bridgehead atoms. The molecule has 6 nitrogen and oxygen atoms in total. The average molecular weight is 282 g/mol. The molecule has 19 heavy (non-hydrogen) atoms. The molecule has 0 fully saturated rings. The molecule has 0 unspecified atom stereocenters. The van der Waals surface area contributed by atoms with E-state index in [1.165, 1.54) is 16.9 Å².